The van der Waals surface area contributed by atoms with Crippen molar-refractivity contribution >= 4 is 51.8 Å². The molecule has 1 aliphatic rings. The standard InChI is InChI=1S/C28H31Cl2FN2O3S/c1-36-19-7-9-25-21(16-19)20(10-12-32-25)24(31)8-6-18-11-14-33(17-22(18)28(34)35)13-3-15-37-26-5-2-4-23(29)27(26)30/h2,4-5,7,9-10,12,16,18,22,24H,3,6,8,11,13-15,17H2,1H3,(H,34,35)/t18-,22+,24-/m1/s1. The quantitative estimate of drug-likeness (QED) is 0.191. The number of pyridine rings is 1. The maximum absolute atomic E-state index is 15.4. The van der Waals surface area contributed by atoms with Gasteiger partial charge in [-0.05, 0) is 92.4 Å². The first-order chi connectivity index (χ1) is 17.9. The normalized spacial score (nSPS) is 19.1. The molecule has 0 aliphatic carbocycles. The molecule has 1 N–H and O–H groups in total. The van der Waals surface area contributed by atoms with Crippen LogP contribution < -0.4 is 4.74 Å². The van der Waals surface area contributed by atoms with E-state index < -0.39 is 18.1 Å². The molecule has 1 aromatic heterocycles. The van der Waals surface area contributed by atoms with Gasteiger partial charge in [-0.1, -0.05) is 29.3 Å². The Balaban J connectivity index is 1.30. The number of carboxylic acid groups (broad SMARTS) is 1. The van der Waals surface area contributed by atoms with Crippen LogP contribution in [0, 0.1) is 11.8 Å². The summed E-state index contributed by atoms with van der Waals surface area (Å²) in [5.41, 5.74) is 1.29. The van der Waals surface area contributed by atoms with Crippen LogP contribution in [0.3, 0.4) is 0 Å². The topological polar surface area (TPSA) is 62.7 Å². The number of alkyl halides is 1. The van der Waals surface area contributed by atoms with E-state index in [2.05, 4.69) is 9.88 Å². The second-order valence-corrected chi connectivity index (χ2v) is 11.3. The number of nitrogens with zero attached hydrogens (tertiary/aromatic N) is 2. The van der Waals surface area contributed by atoms with Gasteiger partial charge in [0.05, 0.1) is 28.6 Å². The highest BCUT2D eigenvalue weighted by molar-refractivity contribution is 7.99. The van der Waals surface area contributed by atoms with E-state index in [-0.39, 0.29) is 12.3 Å². The van der Waals surface area contributed by atoms with Crippen LogP contribution in [-0.4, -0.2) is 53.5 Å². The van der Waals surface area contributed by atoms with Crippen LogP contribution in [0.15, 0.2) is 53.6 Å². The molecule has 0 unspecified atom stereocenters. The number of rotatable bonds is 11. The number of hydrogen-bond acceptors (Lipinski definition) is 5. The van der Waals surface area contributed by atoms with Gasteiger partial charge in [-0.2, -0.15) is 0 Å². The number of carboxylic acids is 1. The van der Waals surface area contributed by atoms with Crippen LogP contribution in [0.1, 0.15) is 37.4 Å². The highest BCUT2D eigenvalue weighted by Crippen LogP contribution is 2.36. The van der Waals surface area contributed by atoms with E-state index in [4.69, 9.17) is 27.9 Å². The number of carbonyl (C=O) groups is 1. The third-order valence-electron chi connectivity index (χ3n) is 7.06. The zero-order valence-corrected chi connectivity index (χ0v) is 23.0. The lowest BCUT2D eigenvalue weighted by Gasteiger charge is -2.36. The van der Waals surface area contributed by atoms with Crippen molar-refractivity contribution in [3.05, 3.63) is 64.3 Å². The third kappa shape index (κ3) is 7.08. The van der Waals surface area contributed by atoms with Crippen molar-refractivity contribution in [3.8, 4) is 5.75 Å². The Labute approximate surface area is 231 Å². The van der Waals surface area contributed by atoms with Gasteiger partial charge in [-0.25, -0.2) is 4.39 Å². The SMILES string of the molecule is COc1ccc2nccc([C@H](F)CC[C@@H]3CCN(CCCSc4cccc(Cl)c4Cl)C[C@@H]3C(=O)O)c2c1. The first kappa shape index (κ1) is 28.0. The van der Waals surface area contributed by atoms with Gasteiger partial charge >= 0.3 is 5.97 Å². The summed E-state index contributed by atoms with van der Waals surface area (Å²) in [5, 5.41) is 11.8. The molecule has 1 aliphatic heterocycles. The number of benzene rings is 2. The molecule has 3 atom stereocenters. The summed E-state index contributed by atoms with van der Waals surface area (Å²) < 4.78 is 20.7. The van der Waals surface area contributed by atoms with Crippen molar-refractivity contribution in [1.82, 2.24) is 9.88 Å². The fourth-order valence-electron chi connectivity index (χ4n) is 5.02. The summed E-state index contributed by atoms with van der Waals surface area (Å²) in [7, 11) is 1.58. The number of methoxy groups -OCH3 is 1. The van der Waals surface area contributed by atoms with Crippen molar-refractivity contribution in [3.63, 3.8) is 0 Å². The number of likely N-dealkylation sites (tertiary alicyclic amines) is 1. The maximum atomic E-state index is 15.4. The number of aromatic nitrogens is 1. The lowest BCUT2D eigenvalue weighted by molar-refractivity contribution is -0.146. The minimum absolute atomic E-state index is 0.0470. The summed E-state index contributed by atoms with van der Waals surface area (Å²) in [6, 6.07) is 12.7. The second kappa shape index (κ2) is 13.1. The van der Waals surface area contributed by atoms with Gasteiger partial charge in [0.15, 0.2) is 0 Å². The smallest absolute Gasteiger partial charge is 0.308 e. The highest BCUT2D eigenvalue weighted by atomic mass is 35.5. The Morgan fingerprint density at radius 3 is 2.92 bits per heavy atom. The molecular weight excluding hydrogens is 534 g/mol. The van der Waals surface area contributed by atoms with Crippen LogP contribution in [-0.2, 0) is 4.79 Å². The number of ether oxygens (including phenoxy) is 1. The molecule has 0 saturated carbocycles. The molecule has 2 aromatic carbocycles. The molecule has 0 spiro atoms. The molecule has 3 aromatic rings. The number of aliphatic carboxylic acids is 1. The average Bonchev–Trinajstić information content (AvgIpc) is 2.91. The Kier molecular flexibility index (Phi) is 9.93. The van der Waals surface area contributed by atoms with E-state index in [1.165, 1.54) is 0 Å². The first-order valence-corrected chi connectivity index (χ1v) is 14.2. The predicted molar refractivity (Wildman–Crippen MR) is 149 cm³/mol. The van der Waals surface area contributed by atoms with Crippen LogP contribution in [0.2, 0.25) is 10.0 Å². The van der Waals surface area contributed by atoms with Crippen LogP contribution >= 0.6 is 35.0 Å². The van der Waals surface area contributed by atoms with Crippen LogP contribution in [0.25, 0.3) is 10.9 Å². The third-order valence-corrected chi connectivity index (χ3v) is 9.14. The van der Waals surface area contributed by atoms with Crippen LogP contribution in [0.5, 0.6) is 5.75 Å². The zero-order valence-electron chi connectivity index (χ0n) is 20.7. The number of halogens is 3. The molecule has 5 nitrogen and oxygen atoms in total. The van der Waals surface area contributed by atoms with Crippen molar-refractivity contribution < 1.29 is 19.0 Å². The fourth-order valence-corrected chi connectivity index (χ4v) is 6.45. The molecule has 9 heteroatoms. The zero-order chi connectivity index (χ0) is 26.4. The van der Waals surface area contributed by atoms with Gasteiger partial charge in [-0.15, -0.1) is 11.8 Å². The van der Waals surface area contributed by atoms with Gasteiger partial charge in [0, 0.05) is 23.0 Å². The number of piperidine rings is 1. The number of thioether (sulfide) groups is 1. The molecule has 4 rings (SSSR count). The minimum Gasteiger partial charge on any atom is -0.497 e. The molecule has 0 radical (unpaired) electrons. The molecule has 2 heterocycles. The van der Waals surface area contributed by atoms with E-state index in [1.807, 2.05) is 24.3 Å². The lowest BCUT2D eigenvalue weighted by Crippen LogP contribution is -2.44. The molecule has 198 valence electrons. The number of hydrogen-bond donors (Lipinski definition) is 1. The fraction of sp³-hybridized carbons (Fsp3) is 0.429. The Hall–Kier alpha value is -2.06. The number of fused-ring (bicyclic) bond motifs is 1. The molecule has 1 fully saturated rings. The molecule has 37 heavy (non-hydrogen) atoms. The summed E-state index contributed by atoms with van der Waals surface area (Å²) in [6.07, 6.45) is 2.90. The van der Waals surface area contributed by atoms with Gasteiger partial charge in [-0.3, -0.25) is 9.78 Å². The first-order valence-electron chi connectivity index (χ1n) is 12.5. The maximum Gasteiger partial charge on any atom is 0.308 e. The van der Waals surface area contributed by atoms with Crippen molar-refractivity contribution in [2.45, 2.75) is 36.8 Å². The Morgan fingerprint density at radius 2 is 2.14 bits per heavy atom. The van der Waals surface area contributed by atoms with E-state index in [0.29, 0.717) is 39.8 Å². The summed E-state index contributed by atoms with van der Waals surface area (Å²) in [6.45, 7) is 2.14. The lowest BCUT2D eigenvalue weighted by atomic mass is 9.81. The summed E-state index contributed by atoms with van der Waals surface area (Å²) in [5.74, 6) is 0.177. The predicted octanol–water partition coefficient (Wildman–Crippen LogP) is 7.55. The van der Waals surface area contributed by atoms with E-state index in [1.54, 1.807) is 43.3 Å². The average molecular weight is 566 g/mol. The van der Waals surface area contributed by atoms with Crippen LogP contribution in [0.4, 0.5) is 4.39 Å². The van der Waals surface area contributed by atoms with Gasteiger partial charge in [0.2, 0.25) is 0 Å². The summed E-state index contributed by atoms with van der Waals surface area (Å²) >= 11 is 14.0. The Bertz CT molecular complexity index is 1230. The van der Waals surface area contributed by atoms with Gasteiger partial charge < -0.3 is 14.7 Å². The second-order valence-electron chi connectivity index (χ2n) is 9.38. The van der Waals surface area contributed by atoms with E-state index in [9.17, 15) is 9.90 Å². The largest absolute Gasteiger partial charge is 0.497 e. The van der Waals surface area contributed by atoms with E-state index in [0.717, 1.165) is 42.0 Å². The molecular formula is C28H31Cl2FN2O3S. The Morgan fingerprint density at radius 1 is 1.30 bits per heavy atom. The molecule has 0 amide bonds. The van der Waals surface area contributed by atoms with Crippen molar-refractivity contribution in [2.24, 2.45) is 11.8 Å². The minimum atomic E-state index is -1.19. The van der Waals surface area contributed by atoms with Gasteiger partial charge in [0.25, 0.3) is 0 Å². The van der Waals surface area contributed by atoms with E-state index >= 15 is 4.39 Å². The van der Waals surface area contributed by atoms with Crippen molar-refractivity contribution in [2.75, 3.05) is 32.5 Å². The molecule has 1 saturated heterocycles. The summed E-state index contributed by atoms with van der Waals surface area (Å²) in [4.78, 5) is 19.6. The molecule has 0 bridgehead atoms. The monoisotopic (exact) mass is 564 g/mol. The van der Waals surface area contributed by atoms with Gasteiger partial charge in [0.1, 0.15) is 11.9 Å². The van der Waals surface area contributed by atoms with Crippen molar-refractivity contribution in [1.29, 1.82) is 0 Å². The highest BCUT2D eigenvalue weighted by Gasteiger charge is 2.34.